The van der Waals surface area contributed by atoms with E-state index >= 15 is 0 Å². The first-order chi connectivity index (χ1) is 26.0. The van der Waals surface area contributed by atoms with Crippen LogP contribution >= 0.6 is 0 Å². The van der Waals surface area contributed by atoms with E-state index in [1.165, 1.54) is 13.2 Å². The average molecular weight is 753 g/mol. The second-order valence-electron chi connectivity index (χ2n) is 15.5. The van der Waals surface area contributed by atoms with Crippen LogP contribution in [0.5, 0.6) is 0 Å². The fourth-order valence-electron chi connectivity index (χ4n) is 5.25. The maximum atomic E-state index is 12.7. The minimum absolute atomic E-state index is 0.0344. The lowest BCUT2D eigenvalue weighted by Gasteiger charge is -2.27. The van der Waals surface area contributed by atoms with Gasteiger partial charge in [-0.25, -0.2) is 39.1 Å². The van der Waals surface area contributed by atoms with Crippen LogP contribution in [0.4, 0.5) is 21.2 Å². The Kier molecular flexibility index (Phi) is 12.5. The van der Waals surface area contributed by atoms with Crippen LogP contribution in [0.15, 0.2) is 73.1 Å². The van der Waals surface area contributed by atoms with Gasteiger partial charge in [0.1, 0.15) is 34.2 Å². The zero-order valence-electron chi connectivity index (χ0n) is 32.3. The van der Waals surface area contributed by atoms with E-state index in [0.29, 0.717) is 53.5 Å². The summed E-state index contributed by atoms with van der Waals surface area (Å²) in [5.41, 5.74) is 1.54. The smallest absolute Gasteiger partial charge is 0.416 e. The van der Waals surface area contributed by atoms with Crippen molar-refractivity contribution in [1.29, 1.82) is 0 Å². The molecule has 4 heterocycles. The van der Waals surface area contributed by atoms with Crippen molar-refractivity contribution < 1.29 is 38.5 Å². The van der Waals surface area contributed by atoms with Gasteiger partial charge >= 0.3 is 24.1 Å². The largest absolute Gasteiger partial charge is 0.477 e. The average Bonchev–Trinajstić information content (AvgIpc) is 4.08. The number of aromatic carboxylic acids is 1. The van der Waals surface area contributed by atoms with Gasteiger partial charge in [-0.1, -0.05) is 12.1 Å². The molecule has 0 atom stereocenters. The first-order valence-corrected chi connectivity index (χ1v) is 18.2. The van der Waals surface area contributed by atoms with Crippen molar-refractivity contribution in [2.24, 2.45) is 11.8 Å². The van der Waals surface area contributed by atoms with Crippen LogP contribution in [0, 0.1) is 11.8 Å². The van der Waals surface area contributed by atoms with Crippen LogP contribution in [0.3, 0.4) is 0 Å². The second-order valence-corrected chi connectivity index (χ2v) is 15.5. The van der Waals surface area contributed by atoms with Crippen molar-refractivity contribution in [1.82, 2.24) is 19.9 Å². The molecule has 1 N–H and O–H groups in total. The van der Waals surface area contributed by atoms with E-state index in [2.05, 4.69) is 19.9 Å². The van der Waals surface area contributed by atoms with Crippen LogP contribution in [0.1, 0.15) is 88.2 Å². The molecule has 55 heavy (non-hydrogen) atoms. The predicted molar refractivity (Wildman–Crippen MR) is 206 cm³/mol. The summed E-state index contributed by atoms with van der Waals surface area (Å²) in [4.78, 5) is 68.7. The lowest BCUT2D eigenvalue weighted by Crippen LogP contribution is -2.38. The molecular weight excluding hydrogens is 704 g/mol. The van der Waals surface area contributed by atoms with Crippen LogP contribution < -0.4 is 9.80 Å². The molecule has 2 aliphatic carbocycles. The lowest BCUT2D eigenvalue weighted by atomic mass is 10.1. The molecule has 2 fully saturated rings. The summed E-state index contributed by atoms with van der Waals surface area (Å²) in [5.74, 6) is 0.311. The molecule has 0 aromatic carbocycles. The van der Waals surface area contributed by atoms with Crippen molar-refractivity contribution in [2.45, 2.75) is 78.4 Å². The number of anilines is 2. The fourth-order valence-corrected chi connectivity index (χ4v) is 5.25. The highest BCUT2D eigenvalue weighted by molar-refractivity contribution is 5.90. The Morgan fingerprint density at radius 2 is 1.09 bits per heavy atom. The van der Waals surface area contributed by atoms with Crippen LogP contribution in [-0.4, -0.2) is 80.6 Å². The molecule has 14 nitrogen and oxygen atoms in total. The summed E-state index contributed by atoms with van der Waals surface area (Å²) in [7, 11) is 1.32. The van der Waals surface area contributed by atoms with E-state index < -0.39 is 35.3 Å². The van der Waals surface area contributed by atoms with E-state index in [0.717, 1.165) is 31.2 Å². The monoisotopic (exact) mass is 752 g/mol. The van der Waals surface area contributed by atoms with Crippen LogP contribution in [-0.2, 0) is 14.2 Å². The highest BCUT2D eigenvalue weighted by atomic mass is 16.6. The maximum Gasteiger partial charge on any atom is 0.416 e. The summed E-state index contributed by atoms with van der Waals surface area (Å²) in [6.45, 7) is 12.1. The Morgan fingerprint density at radius 1 is 0.673 bits per heavy atom. The highest BCUT2D eigenvalue weighted by Gasteiger charge is 2.33. The highest BCUT2D eigenvalue weighted by Crippen LogP contribution is 2.34. The molecule has 0 radical (unpaired) electrons. The van der Waals surface area contributed by atoms with Gasteiger partial charge in [0.15, 0.2) is 0 Å². The Bertz CT molecular complexity index is 2020. The molecule has 0 bridgehead atoms. The summed E-state index contributed by atoms with van der Waals surface area (Å²) < 4.78 is 15.8. The molecule has 290 valence electrons. The number of pyridine rings is 4. The number of nitrogens with zero attached hydrogens (tertiary/aromatic N) is 6. The van der Waals surface area contributed by atoms with Gasteiger partial charge in [-0.15, -0.1) is 0 Å². The van der Waals surface area contributed by atoms with Gasteiger partial charge in [0, 0.05) is 36.6 Å². The Morgan fingerprint density at radius 3 is 1.47 bits per heavy atom. The number of methoxy groups -OCH3 is 1. The summed E-state index contributed by atoms with van der Waals surface area (Å²) in [5, 5.41) is 9.14. The van der Waals surface area contributed by atoms with E-state index in [-0.39, 0.29) is 11.4 Å². The third-order valence-corrected chi connectivity index (χ3v) is 8.25. The second kappa shape index (κ2) is 17.0. The van der Waals surface area contributed by atoms with Gasteiger partial charge in [-0.2, -0.15) is 0 Å². The van der Waals surface area contributed by atoms with Gasteiger partial charge in [0.05, 0.1) is 18.5 Å². The van der Waals surface area contributed by atoms with Crippen molar-refractivity contribution in [3.05, 3.63) is 84.4 Å². The molecule has 0 spiro atoms. The molecular formula is C41H48N6O8. The molecule has 2 saturated carbocycles. The molecule has 0 unspecified atom stereocenters. The zero-order chi connectivity index (χ0) is 39.9. The minimum Gasteiger partial charge on any atom is -0.477 e. The van der Waals surface area contributed by atoms with Crippen molar-refractivity contribution in [3.63, 3.8) is 0 Å². The minimum atomic E-state index is -1.09. The van der Waals surface area contributed by atoms with Crippen molar-refractivity contribution in [3.8, 4) is 22.5 Å². The molecule has 4 aromatic rings. The van der Waals surface area contributed by atoms with Gasteiger partial charge in [-0.05, 0) is 128 Å². The molecule has 6 rings (SSSR count). The number of carboxylic acids is 1. The first kappa shape index (κ1) is 40.3. The van der Waals surface area contributed by atoms with E-state index in [1.807, 2.05) is 41.5 Å². The van der Waals surface area contributed by atoms with E-state index in [4.69, 9.17) is 19.3 Å². The van der Waals surface area contributed by atoms with Crippen molar-refractivity contribution in [2.75, 3.05) is 30.0 Å². The lowest BCUT2D eigenvalue weighted by molar-refractivity contribution is 0.0566. The van der Waals surface area contributed by atoms with Gasteiger partial charge in [-0.3, -0.25) is 9.80 Å². The fraction of sp³-hybridized carbons (Fsp3) is 0.415. The van der Waals surface area contributed by atoms with Crippen LogP contribution in [0.25, 0.3) is 22.5 Å². The summed E-state index contributed by atoms with van der Waals surface area (Å²) in [6, 6.07) is 17.0. The number of amides is 2. The van der Waals surface area contributed by atoms with Crippen molar-refractivity contribution >= 4 is 35.8 Å². The Balaban J connectivity index is 0.000000211. The first-order valence-electron chi connectivity index (χ1n) is 18.2. The number of carbonyl (C=O) groups is 4. The topological polar surface area (TPSA) is 174 Å². The number of hydrogen-bond donors (Lipinski definition) is 1. The molecule has 0 saturated heterocycles. The predicted octanol–water partition coefficient (Wildman–Crippen LogP) is 8.08. The standard InChI is InChI=1S/C21H25N3O4.C20H23N3O4/c1-21(2,3)28-20(26)24(13-14-8-9-14)18-12-15(10-11-22-18)16-6-5-7-17(23-16)19(25)27-4;1-20(2,3)27-19(26)23(12-13-7-8-13)17-11-14(9-10-21-17)15-5-4-6-16(22-15)18(24)25/h5-7,10-12,14H,8-9,13H2,1-4H3;4-6,9-11,13H,7-8,12H2,1-3H3,(H,24,25). The SMILES string of the molecule is CC(C)(C)OC(=O)N(CC1CC1)c1cc(-c2cccc(C(=O)O)n2)ccn1.COC(=O)c1cccc(-c2ccnc(N(CC3CC3)C(=O)OC(C)(C)C)c2)n1. The van der Waals surface area contributed by atoms with Gasteiger partial charge in [0.2, 0.25) is 0 Å². The van der Waals surface area contributed by atoms with Gasteiger partial charge < -0.3 is 19.3 Å². The molecule has 2 amide bonds. The third-order valence-electron chi connectivity index (χ3n) is 8.25. The number of carbonyl (C=O) groups excluding carboxylic acids is 3. The Hall–Kier alpha value is -5.92. The zero-order valence-corrected chi connectivity index (χ0v) is 32.3. The molecule has 4 aromatic heterocycles. The third kappa shape index (κ3) is 12.0. The molecule has 14 heteroatoms. The number of rotatable bonds is 10. The van der Waals surface area contributed by atoms with Crippen LogP contribution in [0.2, 0.25) is 0 Å². The summed E-state index contributed by atoms with van der Waals surface area (Å²) >= 11 is 0. The number of aromatic nitrogens is 4. The number of carboxylic acid groups (broad SMARTS) is 1. The number of esters is 1. The van der Waals surface area contributed by atoms with E-state index in [9.17, 15) is 19.2 Å². The Labute approximate surface area is 320 Å². The quantitative estimate of drug-likeness (QED) is 0.122. The normalized spacial score (nSPS) is 13.8. The van der Waals surface area contributed by atoms with E-state index in [1.54, 1.807) is 76.8 Å². The maximum absolute atomic E-state index is 12.7. The summed E-state index contributed by atoms with van der Waals surface area (Å²) in [6.07, 6.45) is 6.73. The molecule has 2 aliphatic rings. The number of hydrogen-bond acceptors (Lipinski definition) is 11. The van der Waals surface area contributed by atoms with Gasteiger partial charge in [0.25, 0.3) is 0 Å². The number of ether oxygens (including phenoxy) is 3. The molecule has 0 aliphatic heterocycles.